The normalized spacial score (nSPS) is 14.1. The number of anilines is 2. The van der Waals surface area contributed by atoms with Crippen LogP contribution in [-0.4, -0.2) is 78.8 Å². The molecule has 1 fully saturated rings. The number of aromatic hydroxyl groups is 1. The number of carbonyl (C=O) groups is 1. The average molecular weight is 578 g/mol. The maximum atomic E-state index is 13.0. The number of pyridine rings is 1. The molecule has 220 valence electrons. The molecule has 1 aromatic heterocycles. The number of nitrogens with zero attached hydrogens (tertiary/aromatic N) is 5. The van der Waals surface area contributed by atoms with E-state index in [9.17, 15) is 14.8 Å². The van der Waals surface area contributed by atoms with E-state index in [1.807, 2.05) is 12.1 Å². The predicted molar refractivity (Wildman–Crippen MR) is 172 cm³/mol. The van der Waals surface area contributed by atoms with Gasteiger partial charge >= 0.3 is 0 Å². The van der Waals surface area contributed by atoms with Gasteiger partial charge in [-0.15, -0.1) is 4.91 Å². The number of benzene rings is 3. The summed E-state index contributed by atoms with van der Waals surface area (Å²) in [6, 6.07) is 21.6. The molecule has 0 unspecified atom stereocenters. The molecule has 10 heteroatoms. The monoisotopic (exact) mass is 577 g/mol. The van der Waals surface area contributed by atoms with E-state index in [4.69, 9.17) is 0 Å². The number of amides is 1. The number of hydrogen-bond donors (Lipinski definition) is 3. The van der Waals surface area contributed by atoms with Crippen molar-refractivity contribution >= 4 is 35.0 Å². The Kier molecular flexibility index (Phi) is 9.50. The fourth-order valence-electron chi connectivity index (χ4n) is 4.97. The van der Waals surface area contributed by atoms with Crippen molar-refractivity contribution in [2.45, 2.75) is 6.42 Å². The molecule has 1 aliphatic heterocycles. The molecule has 1 amide bonds. The van der Waals surface area contributed by atoms with Crippen molar-refractivity contribution in [1.82, 2.24) is 14.8 Å². The van der Waals surface area contributed by atoms with E-state index in [0.717, 1.165) is 44.8 Å². The molecule has 3 N–H and O–H groups in total. The SMILES string of the molecule is CNc1cc(C(=O)Nc2ccc(CCN3CCN(C)CC3)cc2)ccc1N=Cc1cc(-c2cccnc2N=O)ccc1O. The summed E-state index contributed by atoms with van der Waals surface area (Å²) in [6.07, 6.45) is 4.01. The van der Waals surface area contributed by atoms with Crippen molar-refractivity contribution in [1.29, 1.82) is 0 Å². The molecule has 0 aliphatic carbocycles. The molecule has 0 radical (unpaired) electrons. The third kappa shape index (κ3) is 7.48. The molecule has 10 nitrogen and oxygen atoms in total. The van der Waals surface area contributed by atoms with Crippen LogP contribution in [0.3, 0.4) is 0 Å². The summed E-state index contributed by atoms with van der Waals surface area (Å²) >= 11 is 0. The lowest BCUT2D eigenvalue weighted by Gasteiger charge is -2.32. The second kappa shape index (κ2) is 13.8. The summed E-state index contributed by atoms with van der Waals surface area (Å²) in [7, 11) is 3.92. The summed E-state index contributed by atoms with van der Waals surface area (Å²) in [5, 5.41) is 19.5. The van der Waals surface area contributed by atoms with Crippen LogP contribution in [0, 0.1) is 4.91 Å². The molecule has 4 aromatic rings. The van der Waals surface area contributed by atoms with Gasteiger partial charge in [-0.2, -0.15) is 0 Å². The Labute approximate surface area is 251 Å². The molecule has 1 saturated heterocycles. The van der Waals surface area contributed by atoms with Gasteiger partial charge in [-0.1, -0.05) is 18.2 Å². The quantitative estimate of drug-likeness (QED) is 0.164. The summed E-state index contributed by atoms with van der Waals surface area (Å²) in [4.78, 5) is 37.6. The molecule has 0 saturated carbocycles. The number of phenolic OH excluding ortho intramolecular Hbond substituents is 1. The van der Waals surface area contributed by atoms with E-state index < -0.39 is 0 Å². The number of nitrogens with one attached hydrogen (secondary N) is 2. The third-order valence-electron chi connectivity index (χ3n) is 7.61. The zero-order valence-corrected chi connectivity index (χ0v) is 24.3. The van der Waals surface area contributed by atoms with Gasteiger partial charge in [0.15, 0.2) is 0 Å². The van der Waals surface area contributed by atoms with Gasteiger partial charge < -0.3 is 25.5 Å². The van der Waals surface area contributed by atoms with Crippen molar-refractivity contribution in [3.05, 3.63) is 101 Å². The van der Waals surface area contributed by atoms with Crippen molar-refractivity contribution < 1.29 is 9.90 Å². The van der Waals surface area contributed by atoms with Crippen molar-refractivity contribution in [2.24, 2.45) is 10.2 Å². The Balaban J connectivity index is 1.24. The zero-order chi connectivity index (χ0) is 30.2. The Morgan fingerprint density at radius 3 is 2.56 bits per heavy atom. The second-order valence-electron chi connectivity index (χ2n) is 10.5. The number of aliphatic imine (C=N–C) groups is 1. The summed E-state index contributed by atoms with van der Waals surface area (Å²) in [5.74, 6) is -0.123. The van der Waals surface area contributed by atoms with E-state index >= 15 is 0 Å². The van der Waals surface area contributed by atoms with Gasteiger partial charge in [-0.25, -0.2) is 4.98 Å². The number of hydrogen-bond acceptors (Lipinski definition) is 9. The minimum atomic E-state index is -0.223. The zero-order valence-electron chi connectivity index (χ0n) is 24.3. The summed E-state index contributed by atoms with van der Waals surface area (Å²) < 4.78 is 0. The number of piperazine rings is 1. The molecule has 3 aromatic carbocycles. The highest BCUT2D eigenvalue weighted by Gasteiger charge is 2.14. The largest absolute Gasteiger partial charge is 0.507 e. The van der Waals surface area contributed by atoms with Crippen LogP contribution in [0.4, 0.5) is 22.9 Å². The first kappa shape index (κ1) is 29.6. The standard InChI is InChI=1S/C33H35N7O3/c1-34-30-21-25(33(42)37-27-9-5-23(6-10-27)13-15-40-18-16-39(2)17-19-40)7-11-29(30)36-22-26-20-24(8-12-31(26)41)28-4-3-14-35-32(28)38-43/h3-12,14,20-22,34,41H,13,15-19H2,1-2H3,(H,37,42). The van der Waals surface area contributed by atoms with E-state index in [1.54, 1.807) is 49.5 Å². The van der Waals surface area contributed by atoms with Crippen molar-refractivity contribution in [3.8, 4) is 16.9 Å². The Morgan fingerprint density at radius 1 is 1.02 bits per heavy atom. The number of carbonyl (C=O) groups excluding carboxylic acids is 1. The molecule has 5 rings (SSSR count). The van der Waals surface area contributed by atoms with Crippen molar-refractivity contribution in [2.75, 3.05) is 57.5 Å². The van der Waals surface area contributed by atoms with Gasteiger partial charge in [0.25, 0.3) is 5.91 Å². The van der Waals surface area contributed by atoms with Crippen LogP contribution in [0.25, 0.3) is 11.1 Å². The molecule has 2 heterocycles. The van der Waals surface area contributed by atoms with Crippen LogP contribution in [0.15, 0.2) is 89.2 Å². The molecule has 0 atom stereocenters. The number of nitroso groups, excluding NO2 is 1. The van der Waals surface area contributed by atoms with E-state index in [-0.39, 0.29) is 17.5 Å². The number of aromatic nitrogens is 1. The predicted octanol–water partition coefficient (Wildman–Crippen LogP) is 5.69. The maximum Gasteiger partial charge on any atom is 0.255 e. The average Bonchev–Trinajstić information content (AvgIpc) is 3.04. The van der Waals surface area contributed by atoms with Crippen molar-refractivity contribution in [3.63, 3.8) is 0 Å². The second-order valence-corrected chi connectivity index (χ2v) is 10.5. The lowest BCUT2D eigenvalue weighted by Crippen LogP contribution is -2.45. The van der Waals surface area contributed by atoms with E-state index in [2.05, 4.69) is 54.8 Å². The molecule has 1 aliphatic rings. The van der Waals surface area contributed by atoms with E-state index in [0.29, 0.717) is 33.6 Å². The summed E-state index contributed by atoms with van der Waals surface area (Å²) in [6.45, 7) is 5.47. The Hall–Kier alpha value is -4.93. The van der Waals surface area contributed by atoms with Crippen LogP contribution in [-0.2, 0) is 6.42 Å². The smallest absolute Gasteiger partial charge is 0.255 e. The molecule has 0 bridgehead atoms. The minimum absolute atomic E-state index is 0.0318. The number of rotatable bonds is 10. The molecule has 0 spiro atoms. The third-order valence-corrected chi connectivity index (χ3v) is 7.61. The van der Waals surface area contributed by atoms with Crippen LogP contribution in [0.2, 0.25) is 0 Å². The van der Waals surface area contributed by atoms with Crippen LogP contribution in [0.5, 0.6) is 5.75 Å². The number of phenols is 1. The fourth-order valence-corrected chi connectivity index (χ4v) is 4.97. The van der Waals surface area contributed by atoms with Crippen LogP contribution >= 0.6 is 0 Å². The van der Waals surface area contributed by atoms with Crippen LogP contribution in [0.1, 0.15) is 21.5 Å². The molecular weight excluding hydrogens is 542 g/mol. The fraction of sp³-hybridized carbons (Fsp3) is 0.242. The van der Waals surface area contributed by atoms with Gasteiger partial charge in [-0.3, -0.25) is 9.79 Å². The van der Waals surface area contributed by atoms with Gasteiger partial charge in [-0.05, 0) is 84.4 Å². The first-order valence-electron chi connectivity index (χ1n) is 14.2. The highest BCUT2D eigenvalue weighted by atomic mass is 16.3. The lowest BCUT2D eigenvalue weighted by molar-refractivity contribution is 0.102. The highest BCUT2D eigenvalue weighted by Crippen LogP contribution is 2.32. The van der Waals surface area contributed by atoms with Gasteiger partial charge in [0, 0.05) is 74.6 Å². The number of likely N-dealkylation sites (N-methyl/N-ethyl adjacent to an activating group) is 1. The first-order chi connectivity index (χ1) is 20.9. The molecule has 43 heavy (non-hydrogen) atoms. The van der Waals surface area contributed by atoms with Gasteiger partial charge in [0.1, 0.15) is 5.75 Å². The topological polar surface area (TPSA) is 123 Å². The summed E-state index contributed by atoms with van der Waals surface area (Å²) in [5.41, 5.74) is 5.38. The highest BCUT2D eigenvalue weighted by molar-refractivity contribution is 6.05. The minimum Gasteiger partial charge on any atom is -0.507 e. The van der Waals surface area contributed by atoms with E-state index in [1.165, 1.54) is 24.0 Å². The molecular formula is C33H35N7O3. The van der Waals surface area contributed by atoms with Crippen LogP contribution < -0.4 is 10.6 Å². The maximum absolute atomic E-state index is 13.0. The first-order valence-corrected chi connectivity index (χ1v) is 14.2. The Bertz CT molecular complexity index is 1610. The lowest BCUT2D eigenvalue weighted by atomic mass is 10.0. The Morgan fingerprint density at radius 2 is 1.81 bits per heavy atom. The van der Waals surface area contributed by atoms with Gasteiger partial charge in [0.2, 0.25) is 5.82 Å². The van der Waals surface area contributed by atoms with Gasteiger partial charge in [0.05, 0.1) is 11.4 Å².